The minimum absolute atomic E-state index is 0.144. The van der Waals surface area contributed by atoms with Crippen LogP contribution in [0.5, 0.6) is 17.2 Å². The predicted octanol–water partition coefficient (Wildman–Crippen LogP) is 2.46. The number of para-hydroxylation sites is 2. The number of ether oxygens (including phenoxy) is 3. The Kier molecular flexibility index (Phi) is 4.97. The van der Waals surface area contributed by atoms with Crippen LogP contribution in [0.3, 0.4) is 0 Å². The lowest BCUT2D eigenvalue weighted by Gasteiger charge is -2.33. The Morgan fingerprint density at radius 1 is 1.12 bits per heavy atom. The highest BCUT2D eigenvalue weighted by atomic mass is 16.5. The van der Waals surface area contributed by atoms with E-state index in [1.165, 1.54) is 18.9 Å². The fraction of sp³-hybridized carbons (Fsp3) is 0.263. The smallest absolute Gasteiger partial charge is 0.267 e. The maximum absolute atomic E-state index is 12.7. The topological polar surface area (TPSA) is 77.1 Å². The number of nitrogens with one attached hydrogen (secondary N) is 1. The van der Waals surface area contributed by atoms with E-state index >= 15 is 0 Å². The fourth-order valence-electron chi connectivity index (χ4n) is 2.81. The van der Waals surface area contributed by atoms with E-state index in [1.807, 2.05) is 6.07 Å². The first-order valence-electron chi connectivity index (χ1n) is 8.10. The lowest BCUT2D eigenvalue weighted by atomic mass is 10.1. The summed E-state index contributed by atoms with van der Waals surface area (Å²) in [7, 11) is 3.06. The average Bonchev–Trinajstić information content (AvgIpc) is 2.66. The number of carbonyl (C=O) groups excluding carboxylic acids is 2. The molecule has 0 bridgehead atoms. The zero-order valence-electron chi connectivity index (χ0n) is 14.8. The van der Waals surface area contributed by atoms with Crippen LogP contribution in [-0.2, 0) is 9.59 Å². The van der Waals surface area contributed by atoms with E-state index < -0.39 is 6.10 Å². The summed E-state index contributed by atoms with van der Waals surface area (Å²) in [6, 6.07) is 12.2. The van der Waals surface area contributed by atoms with Gasteiger partial charge in [0.15, 0.2) is 17.6 Å². The van der Waals surface area contributed by atoms with Crippen LogP contribution >= 0.6 is 0 Å². The van der Waals surface area contributed by atoms with Crippen LogP contribution in [0.4, 0.5) is 11.4 Å². The lowest BCUT2D eigenvalue weighted by molar-refractivity contribution is -0.123. The van der Waals surface area contributed by atoms with Gasteiger partial charge in [0.1, 0.15) is 5.75 Å². The average molecular weight is 356 g/mol. The zero-order chi connectivity index (χ0) is 18.7. The van der Waals surface area contributed by atoms with Crippen LogP contribution < -0.4 is 24.4 Å². The molecule has 7 heteroatoms. The number of rotatable bonds is 4. The quantitative estimate of drug-likeness (QED) is 0.911. The number of hydrogen-bond acceptors (Lipinski definition) is 5. The molecular weight excluding hydrogens is 336 g/mol. The van der Waals surface area contributed by atoms with Crippen LogP contribution in [0.1, 0.15) is 6.92 Å². The molecule has 0 unspecified atom stereocenters. The van der Waals surface area contributed by atoms with Gasteiger partial charge in [0.05, 0.1) is 26.5 Å². The minimum atomic E-state index is -0.818. The van der Waals surface area contributed by atoms with Crippen molar-refractivity contribution in [1.29, 1.82) is 0 Å². The number of methoxy groups -OCH3 is 2. The molecule has 1 N–H and O–H groups in total. The van der Waals surface area contributed by atoms with Crippen molar-refractivity contribution in [2.75, 3.05) is 31.0 Å². The number of anilines is 2. The summed E-state index contributed by atoms with van der Waals surface area (Å²) in [6.07, 6.45) is -0.818. The van der Waals surface area contributed by atoms with E-state index in [0.29, 0.717) is 28.6 Å². The fourth-order valence-corrected chi connectivity index (χ4v) is 2.81. The van der Waals surface area contributed by atoms with Crippen molar-refractivity contribution < 1.29 is 23.8 Å². The highest BCUT2D eigenvalue weighted by Gasteiger charge is 2.32. The van der Waals surface area contributed by atoms with Gasteiger partial charge >= 0.3 is 0 Å². The predicted molar refractivity (Wildman–Crippen MR) is 97.1 cm³/mol. The van der Waals surface area contributed by atoms with Crippen molar-refractivity contribution in [3.05, 3.63) is 42.5 Å². The molecule has 136 valence electrons. The van der Waals surface area contributed by atoms with Crippen molar-refractivity contribution >= 4 is 23.2 Å². The van der Waals surface area contributed by atoms with Crippen molar-refractivity contribution in [1.82, 2.24) is 0 Å². The molecule has 0 radical (unpaired) electrons. The first-order chi connectivity index (χ1) is 12.5. The van der Waals surface area contributed by atoms with E-state index in [4.69, 9.17) is 14.2 Å². The van der Waals surface area contributed by atoms with Crippen LogP contribution in [-0.4, -0.2) is 38.7 Å². The molecule has 1 aliphatic rings. The molecule has 1 heterocycles. The first-order valence-corrected chi connectivity index (χ1v) is 8.10. The molecule has 2 amide bonds. The van der Waals surface area contributed by atoms with E-state index in [-0.39, 0.29) is 18.4 Å². The summed E-state index contributed by atoms with van der Waals surface area (Å²) in [5, 5.41) is 2.79. The largest absolute Gasteiger partial charge is 0.493 e. The second-order valence-corrected chi connectivity index (χ2v) is 5.76. The number of nitrogens with zero attached hydrogens (tertiary/aromatic N) is 1. The van der Waals surface area contributed by atoms with Crippen molar-refractivity contribution in [2.24, 2.45) is 0 Å². The highest BCUT2D eigenvalue weighted by Crippen LogP contribution is 2.34. The van der Waals surface area contributed by atoms with Crippen molar-refractivity contribution in [2.45, 2.75) is 13.0 Å². The molecule has 1 atom stereocenters. The number of benzene rings is 2. The molecule has 1 aliphatic heterocycles. The van der Waals surface area contributed by atoms with E-state index in [9.17, 15) is 9.59 Å². The summed E-state index contributed by atoms with van der Waals surface area (Å²) in [5.74, 6) is 1.07. The first kappa shape index (κ1) is 17.6. The number of carbonyl (C=O) groups is 2. The third kappa shape index (κ3) is 3.42. The second kappa shape index (κ2) is 7.35. The molecule has 2 aromatic carbocycles. The SMILES string of the molecule is COc1ccc(NC(=O)[C@H]2CN(C(C)=O)c3ccccc3O2)cc1OC. The molecule has 2 aromatic rings. The molecule has 26 heavy (non-hydrogen) atoms. The van der Waals surface area contributed by atoms with Crippen molar-refractivity contribution in [3.63, 3.8) is 0 Å². The van der Waals surface area contributed by atoms with Gasteiger partial charge in [-0.25, -0.2) is 0 Å². The zero-order valence-corrected chi connectivity index (χ0v) is 14.8. The van der Waals surface area contributed by atoms with Gasteiger partial charge in [0.2, 0.25) is 5.91 Å². The van der Waals surface area contributed by atoms with Gasteiger partial charge in [-0.15, -0.1) is 0 Å². The molecule has 3 rings (SSSR count). The van der Waals surface area contributed by atoms with Crippen LogP contribution in [0.2, 0.25) is 0 Å². The molecule has 0 spiro atoms. The Balaban J connectivity index is 1.79. The van der Waals surface area contributed by atoms with Crippen LogP contribution in [0, 0.1) is 0 Å². The molecule has 0 saturated carbocycles. The van der Waals surface area contributed by atoms with E-state index in [1.54, 1.807) is 43.5 Å². The number of hydrogen-bond donors (Lipinski definition) is 1. The number of fused-ring (bicyclic) bond motifs is 1. The summed E-state index contributed by atoms with van der Waals surface area (Å²) >= 11 is 0. The summed E-state index contributed by atoms with van der Waals surface area (Å²) < 4.78 is 16.2. The Labute approximate surface area is 151 Å². The molecule has 0 aliphatic carbocycles. The Morgan fingerprint density at radius 3 is 2.54 bits per heavy atom. The molecule has 0 fully saturated rings. The van der Waals surface area contributed by atoms with Gasteiger partial charge < -0.3 is 24.4 Å². The van der Waals surface area contributed by atoms with E-state index in [2.05, 4.69) is 5.32 Å². The van der Waals surface area contributed by atoms with Gasteiger partial charge in [0.25, 0.3) is 5.91 Å². The molecular formula is C19H20N2O5. The maximum atomic E-state index is 12.7. The normalized spacial score (nSPS) is 15.5. The van der Waals surface area contributed by atoms with Gasteiger partial charge in [-0.3, -0.25) is 9.59 Å². The van der Waals surface area contributed by atoms with Gasteiger partial charge in [0, 0.05) is 18.7 Å². The maximum Gasteiger partial charge on any atom is 0.267 e. The third-order valence-electron chi connectivity index (χ3n) is 4.10. The standard InChI is InChI=1S/C19H20N2O5/c1-12(22)21-11-18(26-15-7-5-4-6-14(15)21)19(23)20-13-8-9-16(24-2)17(10-13)25-3/h4-10,18H,11H2,1-3H3,(H,20,23)/t18-/m1/s1. The lowest BCUT2D eigenvalue weighted by Crippen LogP contribution is -2.48. The molecule has 0 saturated heterocycles. The monoisotopic (exact) mass is 356 g/mol. The van der Waals surface area contributed by atoms with Crippen LogP contribution in [0.15, 0.2) is 42.5 Å². The van der Waals surface area contributed by atoms with Gasteiger partial charge in [-0.05, 0) is 24.3 Å². The van der Waals surface area contributed by atoms with Crippen molar-refractivity contribution in [3.8, 4) is 17.2 Å². The second-order valence-electron chi connectivity index (χ2n) is 5.76. The number of amides is 2. The Bertz CT molecular complexity index is 836. The minimum Gasteiger partial charge on any atom is -0.493 e. The summed E-state index contributed by atoms with van der Waals surface area (Å²) in [6.45, 7) is 1.61. The Morgan fingerprint density at radius 2 is 1.85 bits per heavy atom. The molecule has 0 aromatic heterocycles. The van der Waals surface area contributed by atoms with Crippen LogP contribution in [0.25, 0.3) is 0 Å². The van der Waals surface area contributed by atoms with Gasteiger partial charge in [-0.1, -0.05) is 12.1 Å². The Hall–Kier alpha value is -3.22. The third-order valence-corrected chi connectivity index (χ3v) is 4.10. The summed E-state index contributed by atoms with van der Waals surface area (Å²) in [4.78, 5) is 26.1. The van der Waals surface area contributed by atoms with Gasteiger partial charge in [-0.2, -0.15) is 0 Å². The summed E-state index contributed by atoms with van der Waals surface area (Å²) in [5.41, 5.74) is 1.21. The molecule has 7 nitrogen and oxygen atoms in total. The van der Waals surface area contributed by atoms with E-state index in [0.717, 1.165) is 0 Å². The highest BCUT2D eigenvalue weighted by molar-refractivity contribution is 5.99.